The van der Waals surface area contributed by atoms with Gasteiger partial charge in [0.1, 0.15) is 0 Å². The predicted molar refractivity (Wildman–Crippen MR) is 85.7 cm³/mol. The molecule has 0 saturated carbocycles. The summed E-state index contributed by atoms with van der Waals surface area (Å²) < 4.78 is 18.5. The monoisotopic (exact) mass is 329 g/mol. The molecule has 2 aromatic carbocycles. The summed E-state index contributed by atoms with van der Waals surface area (Å²) in [7, 11) is 0. The highest BCUT2D eigenvalue weighted by Crippen LogP contribution is 2.16. The number of ether oxygens (including phenoxy) is 1. The van der Waals surface area contributed by atoms with Crippen LogP contribution < -0.4 is 21.2 Å². The van der Waals surface area contributed by atoms with Gasteiger partial charge in [-0.05, 0) is 30.3 Å². The summed E-state index contributed by atoms with van der Waals surface area (Å²) in [5, 5.41) is 7.29. The maximum Gasteiger partial charge on any atom is 0.270 e. The van der Waals surface area contributed by atoms with Crippen LogP contribution in [0.15, 0.2) is 52.1 Å². The van der Waals surface area contributed by atoms with Crippen molar-refractivity contribution in [3.05, 3.63) is 69.0 Å². The quantitative estimate of drug-likeness (QED) is 0.672. The van der Waals surface area contributed by atoms with E-state index in [-0.39, 0.29) is 16.5 Å². The Morgan fingerprint density at radius 2 is 1.75 bits per heavy atom. The Balaban J connectivity index is 1.74. The van der Waals surface area contributed by atoms with Gasteiger partial charge in [-0.3, -0.25) is 24.6 Å². The average molecular weight is 329 g/mol. The number of aromatic nitrogens is 2. The Bertz CT molecular complexity index is 1030. The molecule has 0 unspecified atom stereocenters. The molecule has 0 aliphatic heterocycles. The Hall–Kier alpha value is -3.42. The number of halogens is 1. The molecule has 0 bridgehead atoms. The molecule has 0 spiro atoms. The Morgan fingerprint density at radius 3 is 2.50 bits per heavy atom. The number of para-hydroxylation sites is 1. The average Bonchev–Trinajstić information content (AvgIpc) is 2.58. The van der Waals surface area contributed by atoms with Crippen molar-refractivity contribution in [1.82, 2.24) is 10.2 Å². The summed E-state index contributed by atoms with van der Waals surface area (Å²) in [6.07, 6.45) is 0. The molecule has 0 radical (unpaired) electrons. The summed E-state index contributed by atoms with van der Waals surface area (Å²) in [5.74, 6) is -1.13. The number of nitrogens with one attached hydrogen (secondary N) is 3. The summed E-state index contributed by atoms with van der Waals surface area (Å²) in [4.78, 5) is 35.2. The molecule has 0 aliphatic rings. The molecule has 7 nitrogen and oxygen atoms in total. The molecule has 122 valence electrons. The van der Waals surface area contributed by atoms with Gasteiger partial charge < -0.3 is 10.1 Å². The van der Waals surface area contributed by atoms with Crippen molar-refractivity contribution in [2.75, 3.05) is 11.9 Å². The molecule has 1 amide bonds. The first-order chi connectivity index (χ1) is 11.5. The van der Waals surface area contributed by atoms with Crippen molar-refractivity contribution in [2.24, 2.45) is 0 Å². The third kappa shape index (κ3) is 3.17. The fourth-order valence-electron chi connectivity index (χ4n) is 2.16. The van der Waals surface area contributed by atoms with E-state index in [0.717, 1.165) is 0 Å². The van der Waals surface area contributed by atoms with Crippen LogP contribution in [0.25, 0.3) is 10.8 Å². The smallest absolute Gasteiger partial charge is 0.270 e. The summed E-state index contributed by atoms with van der Waals surface area (Å²) in [6.45, 7) is -0.398. The van der Waals surface area contributed by atoms with E-state index in [1.54, 1.807) is 6.07 Å². The summed E-state index contributed by atoms with van der Waals surface area (Å²) >= 11 is 0. The van der Waals surface area contributed by atoms with E-state index in [4.69, 9.17) is 4.74 Å². The number of carbonyl (C=O) groups is 1. The molecule has 0 saturated heterocycles. The Kier molecular flexibility index (Phi) is 4.11. The van der Waals surface area contributed by atoms with Gasteiger partial charge in [0.2, 0.25) is 0 Å². The molecule has 0 atom stereocenters. The minimum Gasteiger partial charge on any atom is -0.481 e. The van der Waals surface area contributed by atoms with Gasteiger partial charge in [-0.2, -0.15) is 0 Å². The first-order valence-electron chi connectivity index (χ1n) is 6.96. The number of aromatic amines is 2. The Labute approximate surface area is 134 Å². The molecule has 3 N–H and O–H groups in total. The molecule has 24 heavy (non-hydrogen) atoms. The van der Waals surface area contributed by atoms with E-state index in [2.05, 4.69) is 15.5 Å². The lowest BCUT2D eigenvalue weighted by Crippen LogP contribution is -2.22. The zero-order valence-corrected chi connectivity index (χ0v) is 12.3. The molecule has 8 heteroatoms. The van der Waals surface area contributed by atoms with Crippen LogP contribution in [-0.4, -0.2) is 22.7 Å². The fraction of sp³-hybridized carbons (Fsp3) is 0.0625. The molecule has 3 aromatic rings. The summed E-state index contributed by atoms with van der Waals surface area (Å²) in [5.41, 5.74) is -0.602. The van der Waals surface area contributed by atoms with Gasteiger partial charge in [0, 0.05) is 5.69 Å². The van der Waals surface area contributed by atoms with Crippen molar-refractivity contribution in [3.8, 4) is 5.75 Å². The number of benzene rings is 2. The number of hydrogen-bond donors (Lipinski definition) is 3. The minimum atomic E-state index is -0.568. The van der Waals surface area contributed by atoms with E-state index in [1.165, 1.54) is 36.4 Å². The van der Waals surface area contributed by atoms with Gasteiger partial charge >= 0.3 is 0 Å². The van der Waals surface area contributed by atoms with E-state index >= 15 is 0 Å². The molecule has 0 aliphatic carbocycles. The molecular weight excluding hydrogens is 317 g/mol. The molecule has 1 aromatic heterocycles. The third-order valence-corrected chi connectivity index (χ3v) is 3.28. The van der Waals surface area contributed by atoms with Crippen molar-refractivity contribution < 1.29 is 13.9 Å². The number of H-pyrrole nitrogens is 2. The van der Waals surface area contributed by atoms with Gasteiger partial charge in [-0.25, -0.2) is 4.39 Å². The molecule has 1 heterocycles. The number of anilines is 1. The number of rotatable bonds is 4. The fourth-order valence-corrected chi connectivity index (χ4v) is 2.16. The van der Waals surface area contributed by atoms with Crippen LogP contribution in [0, 0.1) is 5.82 Å². The maximum atomic E-state index is 13.4. The van der Waals surface area contributed by atoms with Crippen molar-refractivity contribution in [1.29, 1.82) is 0 Å². The zero-order chi connectivity index (χ0) is 17.1. The van der Waals surface area contributed by atoms with Crippen molar-refractivity contribution in [2.45, 2.75) is 0 Å². The maximum absolute atomic E-state index is 13.4. The molecule has 3 rings (SSSR count). The first kappa shape index (κ1) is 15.5. The van der Waals surface area contributed by atoms with E-state index in [1.807, 2.05) is 0 Å². The second-order valence-electron chi connectivity index (χ2n) is 4.94. The third-order valence-electron chi connectivity index (χ3n) is 3.28. The standard InChI is InChI=1S/C16H12FN3O4/c17-12-3-1-2-4-13(12)24-8-14(21)18-9-5-6-10-11(7-9)16(23)20-19-15(10)22/h1-7H,8H2,(H,18,21)(H,19,22)(H,20,23). The number of amides is 1. The van der Waals surface area contributed by atoms with Crippen LogP contribution in [0.5, 0.6) is 5.75 Å². The predicted octanol–water partition coefficient (Wildman–Crippen LogP) is 1.37. The lowest BCUT2D eigenvalue weighted by atomic mass is 10.2. The Morgan fingerprint density at radius 1 is 1.04 bits per heavy atom. The van der Waals surface area contributed by atoms with Crippen LogP contribution in [0.2, 0.25) is 0 Å². The van der Waals surface area contributed by atoms with Crippen LogP contribution in [0.3, 0.4) is 0 Å². The molecule has 0 fully saturated rings. The van der Waals surface area contributed by atoms with Crippen LogP contribution >= 0.6 is 0 Å². The topological polar surface area (TPSA) is 104 Å². The van der Waals surface area contributed by atoms with E-state index in [9.17, 15) is 18.8 Å². The van der Waals surface area contributed by atoms with Crippen molar-refractivity contribution >= 4 is 22.4 Å². The highest BCUT2D eigenvalue weighted by molar-refractivity contribution is 5.94. The first-order valence-corrected chi connectivity index (χ1v) is 6.96. The van der Waals surface area contributed by atoms with Crippen LogP contribution in [-0.2, 0) is 4.79 Å². The number of fused-ring (bicyclic) bond motifs is 1. The second-order valence-corrected chi connectivity index (χ2v) is 4.94. The molecular formula is C16H12FN3O4. The van der Waals surface area contributed by atoms with Crippen molar-refractivity contribution in [3.63, 3.8) is 0 Å². The largest absolute Gasteiger partial charge is 0.481 e. The van der Waals surface area contributed by atoms with E-state index in [0.29, 0.717) is 5.69 Å². The lowest BCUT2D eigenvalue weighted by Gasteiger charge is -2.08. The van der Waals surface area contributed by atoms with Gasteiger partial charge in [0.25, 0.3) is 17.0 Å². The van der Waals surface area contributed by atoms with Gasteiger partial charge in [0.05, 0.1) is 10.8 Å². The SMILES string of the molecule is O=C(COc1ccccc1F)Nc1ccc2c(=O)[nH][nH]c(=O)c2c1. The van der Waals surface area contributed by atoms with E-state index < -0.39 is 29.4 Å². The zero-order valence-electron chi connectivity index (χ0n) is 12.3. The van der Waals surface area contributed by atoms with Crippen LogP contribution in [0.4, 0.5) is 10.1 Å². The number of hydrogen-bond acceptors (Lipinski definition) is 4. The highest BCUT2D eigenvalue weighted by Gasteiger charge is 2.09. The number of carbonyl (C=O) groups excluding carboxylic acids is 1. The second kappa shape index (κ2) is 6.37. The summed E-state index contributed by atoms with van der Waals surface area (Å²) in [6, 6.07) is 10.0. The minimum absolute atomic E-state index is 0.0332. The van der Waals surface area contributed by atoms with Crippen LogP contribution in [0.1, 0.15) is 0 Å². The lowest BCUT2D eigenvalue weighted by molar-refractivity contribution is -0.118. The highest BCUT2D eigenvalue weighted by atomic mass is 19.1. The van der Waals surface area contributed by atoms with Gasteiger partial charge in [-0.15, -0.1) is 0 Å². The van der Waals surface area contributed by atoms with Gasteiger partial charge in [0.15, 0.2) is 18.2 Å². The normalized spacial score (nSPS) is 10.5. The van der Waals surface area contributed by atoms with Gasteiger partial charge in [-0.1, -0.05) is 12.1 Å².